The fourth-order valence-electron chi connectivity index (χ4n) is 1.29. The van der Waals surface area contributed by atoms with E-state index in [0.717, 1.165) is 17.9 Å². The van der Waals surface area contributed by atoms with Crippen molar-refractivity contribution in [2.24, 2.45) is 0 Å². The van der Waals surface area contributed by atoms with Gasteiger partial charge in [0.15, 0.2) is 0 Å². The second kappa shape index (κ2) is 7.19. The summed E-state index contributed by atoms with van der Waals surface area (Å²) in [7, 11) is 0. The first kappa shape index (κ1) is 14.7. The summed E-state index contributed by atoms with van der Waals surface area (Å²) in [6, 6.07) is 1.92. The van der Waals surface area contributed by atoms with Crippen molar-refractivity contribution in [3.8, 4) is 0 Å². The lowest BCUT2D eigenvalue weighted by Crippen LogP contribution is -2.17. The number of hydrogen-bond donors (Lipinski definition) is 2. The van der Waals surface area contributed by atoms with Crippen molar-refractivity contribution in [2.45, 2.75) is 26.3 Å². The summed E-state index contributed by atoms with van der Waals surface area (Å²) < 4.78 is 0. The molecule has 0 amide bonds. The number of rotatable bonds is 6. The first-order chi connectivity index (χ1) is 8.04. The van der Waals surface area contributed by atoms with Crippen molar-refractivity contribution >= 4 is 46.6 Å². The van der Waals surface area contributed by atoms with Crippen LogP contribution in [0.3, 0.4) is 0 Å². The summed E-state index contributed by atoms with van der Waals surface area (Å²) in [6.45, 7) is 4.25. The molecular weight excluding hydrogens is 277 g/mol. The Morgan fingerprint density at radius 3 is 2.82 bits per heavy atom. The van der Waals surface area contributed by atoms with Gasteiger partial charge in [0.05, 0.1) is 10.0 Å². The van der Waals surface area contributed by atoms with Crippen LogP contribution in [0.2, 0.25) is 10.0 Å². The molecule has 1 unspecified atom stereocenters. The first-order valence-corrected chi connectivity index (χ1v) is 7.41. The second-order valence-corrected chi connectivity index (χ2v) is 5.93. The van der Waals surface area contributed by atoms with Crippen molar-refractivity contribution in [2.75, 3.05) is 22.6 Å². The molecule has 0 aliphatic heterocycles. The monoisotopic (exact) mass is 293 g/mol. The predicted molar refractivity (Wildman–Crippen MR) is 79.4 cm³/mol. The fourth-order valence-corrected chi connectivity index (χ4v) is 2.51. The number of nitrogens with zero attached hydrogens (tertiary/aromatic N) is 1. The molecule has 1 rings (SSSR count). The van der Waals surface area contributed by atoms with Crippen LogP contribution in [0.4, 0.5) is 11.6 Å². The van der Waals surface area contributed by atoms with Gasteiger partial charge in [-0.05, 0) is 30.9 Å². The molecule has 1 aromatic rings. The highest BCUT2D eigenvalue weighted by atomic mass is 35.5. The Bertz CT molecular complexity index is 374. The van der Waals surface area contributed by atoms with E-state index in [-0.39, 0.29) is 0 Å². The Labute approximate surface area is 116 Å². The van der Waals surface area contributed by atoms with E-state index in [0.29, 0.717) is 27.7 Å². The molecule has 1 heterocycles. The summed E-state index contributed by atoms with van der Waals surface area (Å²) >= 11 is 13.8. The maximum atomic E-state index is 6.04. The molecule has 17 heavy (non-hydrogen) atoms. The van der Waals surface area contributed by atoms with E-state index < -0.39 is 0 Å². The van der Waals surface area contributed by atoms with Gasteiger partial charge in [-0.3, -0.25) is 0 Å². The molecule has 6 heteroatoms. The van der Waals surface area contributed by atoms with Gasteiger partial charge in [-0.15, -0.1) is 0 Å². The van der Waals surface area contributed by atoms with Crippen LogP contribution in [0, 0.1) is 0 Å². The lowest BCUT2D eigenvalue weighted by Gasteiger charge is -2.15. The van der Waals surface area contributed by atoms with E-state index in [2.05, 4.69) is 24.1 Å². The number of anilines is 2. The Morgan fingerprint density at radius 2 is 2.18 bits per heavy atom. The molecule has 1 atom stereocenters. The van der Waals surface area contributed by atoms with Gasteiger partial charge in [-0.25, -0.2) is 4.98 Å². The van der Waals surface area contributed by atoms with Gasteiger partial charge in [0.1, 0.15) is 11.6 Å². The third kappa shape index (κ3) is 4.82. The van der Waals surface area contributed by atoms with Gasteiger partial charge in [-0.1, -0.05) is 30.1 Å². The van der Waals surface area contributed by atoms with Crippen LogP contribution < -0.4 is 11.1 Å². The number of halogens is 2. The molecule has 0 bridgehead atoms. The van der Waals surface area contributed by atoms with E-state index in [4.69, 9.17) is 28.9 Å². The smallest absolute Gasteiger partial charge is 0.147 e. The molecule has 96 valence electrons. The number of nitrogens with two attached hydrogens (primary N) is 1. The quantitative estimate of drug-likeness (QED) is 0.781. The van der Waals surface area contributed by atoms with Crippen LogP contribution in [0.1, 0.15) is 20.3 Å². The molecule has 0 spiro atoms. The summed E-state index contributed by atoms with van der Waals surface area (Å²) in [5, 5.41) is 4.13. The van der Waals surface area contributed by atoms with Crippen molar-refractivity contribution in [3.63, 3.8) is 0 Å². The van der Waals surface area contributed by atoms with Crippen LogP contribution in [0.5, 0.6) is 0 Å². The van der Waals surface area contributed by atoms with E-state index in [1.165, 1.54) is 0 Å². The summed E-state index contributed by atoms with van der Waals surface area (Å²) in [6.07, 6.45) is 1.05. The van der Waals surface area contributed by atoms with Gasteiger partial charge in [0.2, 0.25) is 0 Å². The summed E-state index contributed by atoms with van der Waals surface area (Å²) in [5.74, 6) is 3.15. The zero-order valence-corrected chi connectivity index (χ0v) is 12.3. The highest BCUT2D eigenvalue weighted by Gasteiger charge is 2.09. The minimum Gasteiger partial charge on any atom is -0.382 e. The molecule has 0 saturated heterocycles. The molecule has 0 saturated carbocycles. The molecule has 0 aliphatic carbocycles. The number of nitrogen functional groups attached to an aromatic ring is 1. The first-order valence-electron chi connectivity index (χ1n) is 5.50. The lowest BCUT2D eigenvalue weighted by molar-refractivity contribution is 0.767. The number of pyridine rings is 1. The van der Waals surface area contributed by atoms with Crippen molar-refractivity contribution in [3.05, 3.63) is 16.1 Å². The van der Waals surface area contributed by atoms with E-state index in [1.54, 1.807) is 6.07 Å². The number of aromatic nitrogens is 1. The summed E-state index contributed by atoms with van der Waals surface area (Å²) in [5.41, 5.74) is 5.64. The largest absolute Gasteiger partial charge is 0.382 e. The maximum Gasteiger partial charge on any atom is 0.147 e. The van der Waals surface area contributed by atoms with Gasteiger partial charge >= 0.3 is 0 Å². The minimum atomic E-state index is 0.300. The van der Waals surface area contributed by atoms with Crippen molar-refractivity contribution in [1.29, 1.82) is 0 Å². The molecule has 0 aromatic carbocycles. The molecule has 3 N–H and O–H groups in total. The molecule has 1 aromatic heterocycles. The van der Waals surface area contributed by atoms with E-state index in [9.17, 15) is 0 Å². The molecule has 0 fully saturated rings. The van der Waals surface area contributed by atoms with Gasteiger partial charge in [0, 0.05) is 6.04 Å². The Balaban J connectivity index is 2.58. The Hall–Kier alpha value is -0.320. The number of thioether (sulfide) groups is 1. The van der Waals surface area contributed by atoms with Crippen LogP contribution in [0.25, 0.3) is 0 Å². The fraction of sp³-hybridized carbons (Fsp3) is 0.545. The summed E-state index contributed by atoms with van der Waals surface area (Å²) in [4.78, 5) is 4.14. The zero-order chi connectivity index (χ0) is 12.8. The van der Waals surface area contributed by atoms with Crippen molar-refractivity contribution < 1.29 is 0 Å². The third-order valence-corrected chi connectivity index (χ3v) is 3.76. The number of hydrogen-bond acceptors (Lipinski definition) is 4. The standard InChI is InChI=1S/C11H17Cl2N3S/c1-3-17-5-4-7(2)15-11-9(13)6-8(12)10(14)16-11/h6-7H,3-5H2,1-2H3,(H3,14,15,16). The van der Waals surface area contributed by atoms with E-state index >= 15 is 0 Å². The van der Waals surface area contributed by atoms with Crippen LogP contribution in [0.15, 0.2) is 6.07 Å². The average molecular weight is 294 g/mol. The predicted octanol–water partition coefficient (Wildman–Crippen LogP) is 3.91. The van der Waals surface area contributed by atoms with Gasteiger partial charge in [-0.2, -0.15) is 11.8 Å². The highest BCUT2D eigenvalue weighted by molar-refractivity contribution is 7.99. The normalized spacial score (nSPS) is 12.5. The molecular formula is C11H17Cl2N3S. The van der Waals surface area contributed by atoms with Crippen LogP contribution >= 0.6 is 35.0 Å². The van der Waals surface area contributed by atoms with E-state index in [1.807, 2.05) is 11.8 Å². The van der Waals surface area contributed by atoms with Crippen LogP contribution in [-0.4, -0.2) is 22.5 Å². The number of nitrogens with one attached hydrogen (secondary N) is 1. The molecule has 0 radical (unpaired) electrons. The zero-order valence-electron chi connectivity index (χ0n) is 9.96. The topological polar surface area (TPSA) is 50.9 Å². The molecule has 3 nitrogen and oxygen atoms in total. The Morgan fingerprint density at radius 1 is 1.47 bits per heavy atom. The van der Waals surface area contributed by atoms with Crippen molar-refractivity contribution in [1.82, 2.24) is 4.98 Å². The highest BCUT2D eigenvalue weighted by Crippen LogP contribution is 2.28. The average Bonchev–Trinajstić information content (AvgIpc) is 2.26. The maximum absolute atomic E-state index is 6.04. The minimum absolute atomic E-state index is 0.300. The Kier molecular flexibility index (Phi) is 6.23. The molecule has 0 aliphatic rings. The SMILES string of the molecule is CCSCCC(C)Nc1nc(N)c(Cl)cc1Cl. The van der Waals surface area contributed by atoms with Gasteiger partial charge in [0.25, 0.3) is 0 Å². The lowest BCUT2D eigenvalue weighted by atomic mass is 10.2. The van der Waals surface area contributed by atoms with Gasteiger partial charge < -0.3 is 11.1 Å². The third-order valence-electron chi connectivity index (χ3n) is 2.24. The second-order valence-electron chi connectivity index (χ2n) is 3.72. The van der Waals surface area contributed by atoms with Crippen LogP contribution in [-0.2, 0) is 0 Å².